The lowest BCUT2D eigenvalue weighted by molar-refractivity contribution is -0.146. The molecule has 1 atom stereocenters. The molecule has 1 rings (SSSR count). The summed E-state index contributed by atoms with van der Waals surface area (Å²) in [7, 11) is 0. The highest BCUT2D eigenvalue weighted by Crippen LogP contribution is 2.26. The van der Waals surface area contributed by atoms with Gasteiger partial charge in [-0.05, 0) is 6.92 Å². The standard InChI is InChI=1S/C8H12N2O2S3/c1-3-12-6(11)5(2)4-14-8-10-9-7(13)15-8/h5H,3-4H2,1-2H3,(H,9,13). The zero-order chi connectivity index (χ0) is 11.3. The van der Waals surface area contributed by atoms with Gasteiger partial charge < -0.3 is 4.74 Å². The number of thioether (sulfide) groups is 1. The van der Waals surface area contributed by atoms with Crippen LogP contribution in [-0.2, 0) is 9.53 Å². The van der Waals surface area contributed by atoms with Gasteiger partial charge >= 0.3 is 5.97 Å². The highest BCUT2D eigenvalue weighted by Gasteiger charge is 2.15. The van der Waals surface area contributed by atoms with Gasteiger partial charge in [0.2, 0.25) is 0 Å². The van der Waals surface area contributed by atoms with Gasteiger partial charge in [0.25, 0.3) is 0 Å². The molecule has 84 valence electrons. The minimum atomic E-state index is -0.166. The van der Waals surface area contributed by atoms with Gasteiger partial charge in [-0.2, -0.15) is 0 Å². The number of carbonyl (C=O) groups excluding carboxylic acids is 1. The fourth-order valence-electron chi connectivity index (χ4n) is 0.810. The lowest BCUT2D eigenvalue weighted by Crippen LogP contribution is -2.16. The zero-order valence-corrected chi connectivity index (χ0v) is 11.0. The van der Waals surface area contributed by atoms with Crippen molar-refractivity contribution in [2.75, 3.05) is 12.4 Å². The first-order chi connectivity index (χ1) is 7.13. The topological polar surface area (TPSA) is 52.1 Å². The van der Waals surface area contributed by atoms with Crippen LogP contribution in [0, 0.1) is 5.92 Å². The summed E-state index contributed by atoms with van der Waals surface area (Å²) in [6.45, 7) is 4.07. The van der Waals surface area contributed by atoms with Crippen molar-refractivity contribution < 1.29 is 9.53 Å². The summed E-state index contributed by atoms with van der Waals surface area (Å²) in [6.07, 6.45) is 0. The fourth-order valence-corrected chi connectivity index (χ4v) is 2.92. The molecule has 0 spiro atoms. The first-order valence-electron chi connectivity index (χ1n) is 4.45. The third-order valence-corrected chi connectivity index (χ3v) is 4.02. The molecule has 0 saturated carbocycles. The quantitative estimate of drug-likeness (QED) is 0.501. The molecule has 0 aromatic carbocycles. The third kappa shape index (κ3) is 4.40. The van der Waals surface area contributed by atoms with Crippen LogP contribution in [0.2, 0.25) is 0 Å². The van der Waals surface area contributed by atoms with Crippen molar-refractivity contribution in [2.45, 2.75) is 22.5 Å². The predicted octanol–water partition coefficient (Wildman–Crippen LogP) is 2.12. The van der Waals surface area contributed by atoms with E-state index >= 15 is 0 Å². The second-order valence-electron chi connectivity index (χ2n) is 2.81. The number of hydrogen-bond acceptors (Lipinski definition) is 7. The average Bonchev–Trinajstić information content (AvgIpc) is 2.61. The van der Waals surface area contributed by atoms with Gasteiger partial charge in [-0.25, -0.2) is 0 Å². The Hall–Kier alpha value is -0.270. The maximum Gasteiger partial charge on any atom is 0.309 e. The van der Waals surface area contributed by atoms with E-state index in [0.29, 0.717) is 16.7 Å². The van der Waals surface area contributed by atoms with Crippen molar-refractivity contribution in [2.24, 2.45) is 5.92 Å². The van der Waals surface area contributed by atoms with Crippen molar-refractivity contribution in [3.05, 3.63) is 0 Å². The molecular formula is C8H12N2O2S3. The molecule has 0 saturated heterocycles. The summed E-state index contributed by atoms with van der Waals surface area (Å²) < 4.78 is 6.37. The van der Waals surface area contributed by atoms with Crippen molar-refractivity contribution in [3.8, 4) is 0 Å². The molecule has 0 amide bonds. The molecule has 4 nitrogen and oxygen atoms in total. The molecule has 0 bridgehead atoms. The number of ether oxygens (including phenoxy) is 1. The van der Waals surface area contributed by atoms with Crippen LogP contribution in [0.3, 0.4) is 0 Å². The second-order valence-corrected chi connectivity index (χ2v) is 5.79. The van der Waals surface area contributed by atoms with Gasteiger partial charge in [0.1, 0.15) is 0 Å². The molecule has 7 heteroatoms. The van der Waals surface area contributed by atoms with Crippen LogP contribution in [0.4, 0.5) is 0 Å². The maximum absolute atomic E-state index is 11.3. The fraction of sp³-hybridized carbons (Fsp3) is 0.625. The zero-order valence-electron chi connectivity index (χ0n) is 8.47. The van der Waals surface area contributed by atoms with E-state index in [1.807, 2.05) is 6.92 Å². The molecule has 0 aliphatic heterocycles. The van der Waals surface area contributed by atoms with Crippen molar-refractivity contribution >= 4 is 41.7 Å². The Labute approximate surface area is 102 Å². The van der Waals surface area contributed by atoms with Crippen LogP contribution in [-0.4, -0.2) is 28.5 Å². The van der Waals surface area contributed by atoms with Crippen LogP contribution in [0.5, 0.6) is 0 Å². The van der Waals surface area contributed by atoms with Crippen LogP contribution < -0.4 is 0 Å². The Balaban J connectivity index is 2.33. The number of nitrogens with zero attached hydrogens (tertiary/aromatic N) is 2. The van der Waals surface area contributed by atoms with Crippen LogP contribution >= 0.6 is 35.7 Å². The minimum absolute atomic E-state index is 0.123. The van der Waals surface area contributed by atoms with E-state index in [4.69, 9.17) is 4.74 Å². The Bertz CT molecular complexity index is 329. The highest BCUT2D eigenvalue weighted by molar-refractivity contribution is 8.01. The number of carbonyl (C=O) groups is 1. The number of esters is 1. The third-order valence-electron chi connectivity index (χ3n) is 1.54. The SMILES string of the molecule is CCOC(=O)C(C)CSc1nnc(S)s1. The van der Waals surface area contributed by atoms with Gasteiger partial charge in [0, 0.05) is 5.75 Å². The number of thiol groups is 1. The molecule has 0 aliphatic rings. The monoisotopic (exact) mass is 264 g/mol. The van der Waals surface area contributed by atoms with Crippen LogP contribution in [0.1, 0.15) is 13.8 Å². The predicted molar refractivity (Wildman–Crippen MR) is 63.7 cm³/mol. The summed E-state index contributed by atoms with van der Waals surface area (Å²) in [5, 5.41) is 7.67. The van der Waals surface area contributed by atoms with E-state index in [1.54, 1.807) is 6.92 Å². The van der Waals surface area contributed by atoms with Crippen molar-refractivity contribution in [3.63, 3.8) is 0 Å². The molecule has 1 unspecified atom stereocenters. The van der Waals surface area contributed by atoms with Gasteiger partial charge in [-0.3, -0.25) is 4.79 Å². The first kappa shape index (κ1) is 12.8. The van der Waals surface area contributed by atoms with Crippen LogP contribution in [0.25, 0.3) is 0 Å². The smallest absolute Gasteiger partial charge is 0.309 e. The summed E-state index contributed by atoms with van der Waals surface area (Å²) in [6, 6.07) is 0. The molecule has 0 N–H and O–H groups in total. The number of rotatable bonds is 5. The summed E-state index contributed by atoms with van der Waals surface area (Å²) in [4.78, 5) is 11.3. The van der Waals surface area contributed by atoms with Gasteiger partial charge in [0.05, 0.1) is 12.5 Å². The lowest BCUT2D eigenvalue weighted by atomic mass is 10.2. The molecule has 1 aromatic heterocycles. The van der Waals surface area contributed by atoms with Gasteiger partial charge in [-0.1, -0.05) is 30.0 Å². The van der Waals surface area contributed by atoms with Crippen molar-refractivity contribution in [1.82, 2.24) is 10.2 Å². The van der Waals surface area contributed by atoms with E-state index in [2.05, 4.69) is 22.8 Å². The van der Waals surface area contributed by atoms with Crippen LogP contribution in [0.15, 0.2) is 8.68 Å². The Morgan fingerprint density at radius 3 is 2.93 bits per heavy atom. The summed E-state index contributed by atoms with van der Waals surface area (Å²) in [5.41, 5.74) is 0. The van der Waals surface area contributed by atoms with E-state index in [9.17, 15) is 4.79 Å². The summed E-state index contributed by atoms with van der Waals surface area (Å²) >= 11 is 6.97. The molecule has 15 heavy (non-hydrogen) atoms. The number of hydrogen-bond donors (Lipinski definition) is 1. The first-order valence-corrected chi connectivity index (χ1v) is 6.70. The molecular weight excluding hydrogens is 252 g/mol. The molecule has 0 radical (unpaired) electrons. The van der Waals surface area contributed by atoms with Gasteiger partial charge in [0.15, 0.2) is 8.68 Å². The Kier molecular flexibility index (Phi) is 5.41. The minimum Gasteiger partial charge on any atom is -0.466 e. The van der Waals surface area contributed by atoms with E-state index in [0.717, 1.165) is 4.34 Å². The molecule has 0 aliphatic carbocycles. The average molecular weight is 264 g/mol. The Morgan fingerprint density at radius 1 is 1.67 bits per heavy atom. The van der Waals surface area contributed by atoms with Gasteiger partial charge in [-0.15, -0.1) is 22.8 Å². The summed E-state index contributed by atoms with van der Waals surface area (Å²) in [5.74, 6) is 0.365. The molecule has 1 heterocycles. The Morgan fingerprint density at radius 2 is 2.40 bits per heavy atom. The molecule has 1 aromatic rings. The van der Waals surface area contributed by atoms with E-state index in [1.165, 1.54) is 23.1 Å². The normalized spacial score (nSPS) is 12.5. The van der Waals surface area contributed by atoms with E-state index < -0.39 is 0 Å². The molecule has 0 fully saturated rings. The maximum atomic E-state index is 11.3. The highest BCUT2D eigenvalue weighted by atomic mass is 32.2. The van der Waals surface area contributed by atoms with E-state index in [-0.39, 0.29) is 11.9 Å². The van der Waals surface area contributed by atoms with Crippen molar-refractivity contribution in [1.29, 1.82) is 0 Å². The largest absolute Gasteiger partial charge is 0.466 e. The number of aromatic nitrogens is 2. The lowest BCUT2D eigenvalue weighted by Gasteiger charge is -2.07. The second kappa shape index (κ2) is 6.34.